The van der Waals surface area contributed by atoms with Gasteiger partial charge in [0, 0.05) is 20.3 Å². The largest absolute Gasteiger partial charge is 0.368 e. The lowest BCUT2D eigenvalue weighted by atomic mass is 10.5. The zero-order valence-corrected chi connectivity index (χ0v) is 7.92. The minimum Gasteiger partial charge on any atom is -0.363 e. The Morgan fingerprint density at radius 2 is 2.08 bits per heavy atom. The Hall–Kier alpha value is -1.24. The molecule has 1 rings (SSSR count). The maximum atomic E-state index is 12.4. The molecule has 0 N–H and O–H groups in total. The molecule has 0 saturated carbocycles. The van der Waals surface area contributed by atoms with E-state index in [1.54, 1.807) is 19.0 Å². The van der Waals surface area contributed by atoms with Gasteiger partial charge >= 0.3 is 10.2 Å². The molecule has 0 saturated heterocycles. The second kappa shape index (κ2) is 3.25. The molecule has 72 valence electrons. The molecule has 0 aliphatic heterocycles. The van der Waals surface area contributed by atoms with Crippen molar-refractivity contribution in [2.24, 2.45) is 0 Å². The maximum Gasteiger partial charge on any atom is 0.368 e. The minimum absolute atomic E-state index is 0.339. The van der Waals surface area contributed by atoms with Crippen LogP contribution >= 0.6 is 0 Å². The van der Waals surface area contributed by atoms with Gasteiger partial charge in [-0.2, -0.15) is 13.4 Å². The van der Waals surface area contributed by atoms with E-state index in [4.69, 9.17) is 0 Å². The van der Waals surface area contributed by atoms with Gasteiger partial charge in [0.2, 0.25) is 0 Å². The summed E-state index contributed by atoms with van der Waals surface area (Å²) in [5.74, 6) is 0.339. The fourth-order valence-corrected chi connectivity index (χ4v) is 1.09. The van der Waals surface area contributed by atoms with E-state index in [-0.39, 0.29) is 0 Å². The number of halogens is 1. The van der Waals surface area contributed by atoms with Crippen LogP contribution in [-0.2, 0) is 10.2 Å². The van der Waals surface area contributed by atoms with E-state index >= 15 is 0 Å². The average Bonchev–Trinajstić information content (AvgIpc) is 2.03. The van der Waals surface area contributed by atoms with E-state index in [1.165, 1.54) is 12.3 Å². The highest BCUT2D eigenvalue weighted by Gasteiger charge is 2.16. The molecule has 0 fully saturated rings. The Balaban J connectivity index is 3.21. The van der Waals surface area contributed by atoms with E-state index in [0.29, 0.717) is 5.82 Å². The first kappa shape index (κ1) is 9.85. The second-order valence-electron chi connectivity index (χ2n) is 2.53. The lowest BCUT2D eigenvalue weighted by Gasteiger charge is -2.09. The molecule has 7 heteroatoms. The van der Waals surface area contributed by atoms with Crippen LogP contribution in [-0.4, -0.2) is 32.5 Å². The van der Waals surface area contributed by atoms with E-state index in [0.717, 1.165) is 0 Å². The lowest BCUT2D eigenvalue weighted by molar-refractivity contribution is 0.542. The fraction of sp³-hybridized carbons (Fsp3) is 0.333. The molecule has 0 spiro atoms. The Morgan fingerprint density at radius 3 is 2.54 bits per heavy atom. The number of hydrogen-bond donors (Lipinski definition) is 0. The highest BCUT2D eigenvalue weighted by molar-refractivity contribution is 7.86. The van der Waals surface area contributed by atoms with Gasteiger partial charge < -0.3 is 4.90 Å². The molecule has 5 nitrogen and oxygen atoms in total. The summed E-state index contributed by atoms with van der Waals surface area (Å²) in [4.78, 5) is 8.34. The van der Waals surface area contributed by atoms with Crippen molar-refractivity contribution in [2.75, 3.05) is 19.0 Å². The molecular formula is C6H8FN3O2S. The van der Waals surface area contributed by atoms with Crippen molar-refractivity contribution in [1.29, 1.82) is 0 Å². The van der Waals surface area contributed by atoms with E-state index < -0.39 is 15.4 Å². The van der Waals surface area contributed by atoms with Crippen LogP contribution in [0.25, 0.3) is 0 Å². The summed E-state index contributed by atoms with van der Waals surface area (Å²) in [5, 5.41) is -0.807. The summed E-state index contributed by atoms with van der Waals surface area (Å²) in [7, 11) is -1.48. The minimum atomic E-state index is -4.81. The predicted molar refractivity (Wildman–Crippen MR) is 44.7 cm³/mol. The van der Waals surface area contributed by atoms with Crippen LogP contribution in [0.3, 0.4) is 0 Å². The summed E-state index contributed by atoms with van der Waals surface area (Å²) in [6, 6.07) is 1.48. The van der Waals surface area contributed by atoms with E-state index in [9.17, 15) is 12.3 Å². The lowest BCUT2D eigenvalue weighted by Crippen LogP contribution is -2.12. The van der Waals surface area contributed by atoms with Gasteiger partial charge in [-0.3, -0.25) is 0 Å². The highest BCUT2D eigenvalue weighted by Crippen LogP contribution is 2.10. The first-order valence-electron chi connectivity index (χ1n) is 3.36. The summed E-state index contributed by atoms with van der Waals surface area (Å²) in [6.07, 6.45) is 1.19. The summed E-state index contributed by atoms with van der Waals surface area (Å²) in [6.45, 7) is 0. The molecule has 0 aliphatic rings. The number of aromatic nitrogens is 2. The third-order valence-electron chi connectivity index (χ3n) is 1.30. The van der Waals surface area contributed by atoms with Crippen LogP contribution in [0.1, 0.15) is 0 Å². The molecule has 1 aromatic heterocycles. The number of anilines is 1. The van der Waals surface area contributed by atoms with Crippen LogP contribution in [0.4, 0.5) is 9.70 Å². The van der Waals surface area contributed by atoms with Crippen LogP contribution in [0, 0.1) is 0 Å². The van der Waals surface area contributed by atoms with Gasteiger partial charge in [0.15, 0.2) is 0 Å². The van der Waals surface area contributed by atoms with Gasteiger partial charge in [0.25, 0.3) is 5.16 Å². The van der Waals surface area contributed by atoms with Gasteiger partial charge in [-0.15, -0.1) is 0 Å². The Morgan fingerprint density at radius 1 is 1.46 bits per heavy atom. The van der Waals surface area contributed by atoms with Crippen molar-refractivity contribution < 1.29 is 12.3 Å². The zero-order chi connectivity index (χ0) is 10.1. The third-order valence-corrected chi connectivity index (χ3v) is 1.93. The molecule has 0 aliphatic carbocycles. The van der Waals surface area contributed by atoms with Crippen molar-refractivity contribution >= 4 is 16.0 Å². The van der Waals surface area contributed by atoms with Crippen molar-refractivity contribution in [3.8, 4) is 0 Å². The van der Waals surface area contributed by atoms with Crippen molar-refractivity contribution in [3.05, 3.63) is 12.3 Å². The summed E-state index contributed by atoms with van der Waals surface area (Å²) < 4.78 is 33.2. The van der Waals surface area contributed by atoms with Gasteiger partial charge in [0.1, 0.15) is 5.82 Å². The summed E-state index contributed by atoms with van der Waals surface area (Å²) in [5.41, 5.74) is 0. The number of nitrogens with zero attached hydrogens (tertiary/aromatic N) is 3. The van der Waals surface area contributed by atoms with Crippen LogP contribution < -0.4 is 4.90 Å². The van der Waals surface area contributed by atoms with Gasteiger partial charge in [-0.1, -0.05) is 3.89 Å². The second-order valence-corrected chi connectivity index (χ2v) is 3.77. The molecule has 13 heavy (non-hydrogen) atoms. The Kier molecular flexibility index (Phi) is 2.46. The topological polar surface area (TPSA) is 63.2 Å². The molecule has 0 atom stereocenters. The molecule has 0 unspecified atom stereocenters. The van der Waals surface area contributed by atoms with Crippen LogP contribution in [0.15, 0.2) is 17.4 Å². The van der Waals surface area contributed by atoms with Gasteiger partial charge in [-0.05, 0) is 6.07 Å². The molecule has 0 bridgehead atoms. The molecule has 0 radical (unpaired) electrons. The Bertz CT molecular complexity index is 404. The van der Waals surface area contributed by atoms with Gasteiger partial charge in [-0.25, -0.2) is 4.98 Å². The summed E-state index contributed by atoms with van der Waals surface area (Å²) >= 11 is 0. The first-order chi connectivity index (χ1) is 5.91. The van der Waals surface area contributed by atoms with Gasteiger partial charge in [0.05, 0.1) is 0 Å². The normalized spacial score (nSPS) is 11.3. The quantitative estimate of drug-likeness (QED) is 0.510. The third kappa shape index (κ3) is 2.35. The Labute approximate surface area is 75.4 Å². The van der Waals surface area contributed by atoms with Crippen molar-refractivity contribution in [1.82, 2.24) is 9.97 Å². The molecule has 1 heterocycles. The molecular weight excluding hydrogens is 197 g/mol. The molecule has 1 aromatic rings. The predicted octanol–water partition coefficient (Wildman–Crippen LogP) is 0.201. The van der Waals surface area contributed by atoms with Crippen molar-refractivity contribution in [2.45, 2.75) is 5.16 Å². The van der Waals surface area contributed by atoms with Crippen LogP contribution in [0.5, 0.6) is 0 Å². The average molecular weight is 205 g/mol. The SMILES string of the molecule is CN(C)c1ccnc(S(=O)(=O)F)n1. The zero-order valence-electron chi connectivity index (χ0n) is 7.10. The molecule has 0 amide bonds. The fourth-order valence-electron chi connectivity index (χ4n) is 0.698. The van der Waals surface area contributed by atoms with Crippen molar-refractivity contribution in [3.63, 3.8) is 0 Å². The standard InChI is InChI=1S/C6H8FN3O2S/c1-10(2)5-3-4-8-6(9-5)13(7,11)12/h3-4H,1-2H3. The number of hydrogen-bond acceptors (Lipinski definition) is 5. The highest BCUT2D eigenvalue weighted by atomic mass is 32.3. The number of rotatable bonds is 2. The molecule has 0 aromatic carbocycles. The maximum absolute atomic E-state index is 12.4. The smallest absolute Gasteiger partial charge is 0.363 e. The van der Waals surface area contributed by atoms with E-state index in [1.807, 2.05) is 0 Å². The van der Waals surface area contributed by atoms with Crippen LogP contribution in [0.2, 0.25) is 0 Å². The first-order valence-corrected chi connectivity index (χ1v) is 4.74. The monoisotopic (exact) mass is 205 g/mol. The van der Waals surface area contributed by atoms with E-state index in [2.05, 4.69) is 9.97 Å².